The van der Waals surface area contributed by atoms with Crippen molar-refractivity contribution in [3.63, 3.8) is 0 Å². The van der Waals surface area contributed by atoms with Crippen molar-refractivity contribution in [2.24, 2.45) is 0 Å². The molecule has 3 aromatic rings. The van der Waals surface area contributed by atoms with E-state index in [1.807, 2.05) is 12.3 Å². The Morgan fingerprint density at radius 1 is 0.974 bits per heavy atom. The Kier molecular flexibility index (Phi) is 7.42. The number of allylic oxidation sites excluding steroid dienone is 4. The van der Waals surface area contributed by atoms with Gasteiger partial charge in [-0.3, -0.25) is 14.8 Å². The maximum atomic E-state index is 6.31. The second kappa shape index (κ2) is 11.4. The van der Waals surface area contributed by atoms with Crippen molar-refractivity contribution < 1.29 is 9.47 Å². The van der Waals surface area contributed by atoms with Gasteiger partial charge in [-0.2, -0.15) is 0 Å². The maximum absolute atomic E-state index is 6.31. The van der Waals surface area contributed by atoms with Crippen molar-refractivity contribution in [3.05, 3.63) is 107 Å². The summed E-state index contributed by atoms with van der Waals surface area (Å²) in [6, 6.07) is 17.3. The number of benzene rings is 2. The first-order valence-electron chi connectivity index (χ1n) is 13.6. The van der Waals surface area contributed by atoms with Crippen molar-refractivity contribution in [1.29, 1.82) is 0 Å². The lowest BCUT2D eigenvalue weighted by atomic mass is 10.0. The molecule has 6 rings (SSSR count). The molecule has 38 heavy (non-hydrogen) atoms. The molecule has 0 unspecified atom stereocenters. The molecular weight excluding hydrogens is 472 g/mol. The highest BCUT2D eigenvalue weighted by Crippen LogP contribution is 2.35. The average Bonchev–Trinajstić information content (AvgIpc) is 3.23. The summed E-state index contributed by atoms with van der Waals surface area (Å²) in [6.07, 6.45) is 12.3. The third kappa shape index (κ3) is 5.33. The van der Waals surface area contributed by atoms with Crippen molar-refractivity contribution >= 4 is 10.9 Å². The molecule has 1 fully saturated rings. The van der Waals surface area contributed by atoms with E-state index in [4.69, 9.17) is 14.5 Å². The highest BCUT2D eigenvalue weighted by molar-refractivity contribution is 5.89. The summed E-state index contributed by atoms with van der Waals surface area (Å²) in [5.41, 5.74) is 6.15. The number of rotatable bonds is 7. The van der Waals surface area contributed by atoms with Gasteiger partial charge in [-0.15, -0.1) is 0 Å². The number of fused-ring (bicyclic) bond motifs is 3. The first kappa shape index (κ1) is 24.7. The van der Waals surface area contributed by atoms with Crippen LogP contribution in [0, 0.1) is 0 Å². The van der Waals surface area contributed by atoms with Crippen molar-refractivity contribution in [3.8, 4) is 5.75 Å². The monoisotopic (exact) mass is 508 g/mol. The summed E-state index contributed by atoms with van der Waals surface area (Å²) in [6.45, 7) is 7.40. The zero-order valence-corrected chi connectivity index (χ0v) is 22.2. The molecule has 2 aromatic carbocycles. The minimum Gasteiger partial charge on any atom is -0.499 e. The van der Waals surface area contributed by atoms with Crippen LogP contribution in [0.3, 0.4) is 0 Å². The average molecular weight is 509 g/mol. The van der Waals surface area contributed by atoms with Crippen molar-refractivity contribution in [1.82, 2.24) is 19.7 Å². The molecule has 1 aliphatic carbocycles. The van der Waals surface area contributed by atoms with Crippen LogP contribution in [-0.2, 0) is 24.2 Å². The van der Waals surface area contributed by atoms with Crippen LogP contribution in [0.5, 0.6) is 5.75 Å². The maximum Gasteiger partial charge on any atom is 0.152 e. The molecule has 0 bridgehead atoms. The van der Waals surface area contributed by atoms with Crippen LogP contribution in [-0.4, -0.2) is 66.2 Å². The minimum atomic E-state index is 0.607. The van der Waals surface area contributed by atoms with E-state index in [1.54, 1.807) is 7.11 Å². The predicted octanol–water partition coefficient (Wildman–Crippen LogP) is 5.12. The second-order valence-electron chi connectivity index (χ2n) is 10.3. The number of nitrogens with zero attached hydrogens (tertiary/aromatic N) is 4. The molecule has 6 nitrogen and oxygen atoms in total. The third-order valence-electron chi connectivity index (χ3n) is 7.80. The van der Waals surface area contributed by atoms with Crippen LogP contribution in [0.1, 0.15) is 23.1 Å². The first-order valence-corrected chi connectivity index (χ1v) is 13.6. The van der Waals surface area contributed by atoms with Crippen LogP contribution in [0.25, 0.3) is 10.9 Å². The fraction of sp³-hybridized carbons (Fsp3) is 0.344. The molecule has 3 aliphatic rings. The molecule has 1 saturated heterocycles. The van der Waals surface area contributed by atoms with E-state index in [1.165, 1.54) is 27.8 Å². The molecule has 0 atom stereocenters. The molecule has 196 valence electrons. The lowest BCUT2D eigenvalue weighted by Crippen LogP contribution is -2.45. The van der Waals surface area contributed by atoms with E-state index >= 15 is 0 Å². The first-order chi connectivity index (χ1) is 18.8. The summed E-state index contributed by atoms with van der Waals surface area (Å²) < 4.78 is 12.0. The fourth-order valence-electron chi connectivity index (χ4n) is 5.73. The van der Waals surface area contributed by atoms with Gasteiger partial charge in [-0.05, 0) is 35.8 Å². The Morgan fingerprint density at radius 2 is 1.84 bits per heavy atom. The van der Waals surface area contributed by atoms with Crippen LogP contribution in [0.15, 0.2) is 90.5 Å². The number of pyridine rings is 1. The Balaban J connectivity index is 1.16. The van der Waals surface area contributed by atoms with Gasteiger partial charge in [0.1, 0.15) is 18.0 Å². The molecule has 0 amide bonds. The number of piperazine rings is 1. The van der Waals surface area contributed by atoms with Gasteiger partial charge in [0.05, 0.1) is 12.8 Å². The summed E-state index contributed by atoms with van der Waals surface area (Å²) in [5.74, 6) is 2.00. The molecule has 2 aliphatic heterocycles. The topological polar surface area (TPSA) is 41.1 Å². The zero-order valence-electron chi connectivity index (χ0n) is 22.2. The molecule has 3 heterocycles. The SMILES string of the molecule is COC1=C(N2CCN(Cc3cc4c(c5ncccc35)OCN(CCc3ccccc3)C4)CC2)C=CC=CC1. The van der Waals surface area contributed by atoms with Crippen LogP contribution in [0.4, 0.5) is 0 Å². The summed E-state index contributed by atoms with van der Waals surface area (Å²) in [7, 11) is 1.78. The van der Waals surface area contributed by atoms with Gasteiger partial charge in [-0.25, -0.2) is 0 Å². The van der Waals surface area contributed by atoms with Crippen molar-refractivity contribution in [2.45, 2.75) is 25.9 Å². The van der Waals surface area contributed by atoms with Gasteiger partial charge in [0.15, 0.2) is 5.75 Å². The van der Waals surface area contributed by atoms with E-state index in [-0.39, 0.29) is 0 Å². The Bertz CT molecular complexity index is 1360. The lowest BCUT2D eigenvalue weighted by molar-refractivity contribution is 0.0978. The van der Waals surface area contributed by atoms with E-state index in [0.717, 1.165) is 75.7 Å². The molecule has 6 heteroatoms. The molecule has 0 radical (unpaired) electrons. The van der Waals surface area contributed by atoms with Gasteiger partial charge in [0.2, 0.25) is 0 Å². The number of aromatic nitrogens is 1. The number of hydrogen-bond donors (Lipinski definition) is 0. The number of hydrogen-bond acceptors (Lipinski definition) is 6. The summed E-state index contributed by atoms with van der Waals surface area (Å²) >= 11 is 0. The Hall–Kier alpha value is -3.61. The zero-order chi connectivity index (χ0) is 25.7. The second-order valence-corrected chi connectivity index (χ2v) is 10.3. The van der Waals surface area contributed by atoms with E-state index in [0.29, 0.717) is 6.73 Å². The van der Waals surface area contributed by atoms with Crippen molar-refractivity contribution in [2.75, 3.05) is 46.6 Å². The quantitative estimate of drug-likeness (QED) is 0.441. The molecule has 0 saturated carbocycles. The predicted molar refractivity (Wildman–Crippen MR) is 152 cm³/mol. The van der Waals surface area contributed by atoms with E-state index < -0.39 is 0 Å². The fourth-order valence-corrected chi connectivity index (χ4v) is 5.73. The largest absolute Gasteiger partial charge is 0.499 e. The van der Waals surface area contributed by atoms with Gasteiger partial charge >= 0.3 is 0 Å². The number of methoxy groups -OCH3 is 1. The molecule has 0 N–H and O–H groups in total. The normalized spacial score (nSPS) is 18.4. The van der Waals surface area contributed by atoms with Gasteiger partial charge < -0.3 is 14.4 Å². The molecule has 1 aromatic heterocycles. The van der Waals surface area contributed by atoms with E-state index in [2.05, 4.69) is 81.5 Å². The number of ether oxygens (including phenoxy) is 2. The third-order valence-corrected chi connectivity index (χ3v) is 7.80. The molecular formula is C32H36N4O2. The molecule has 0 spiro atoms. The van der Waals surface area contributed by atoms with E-state index in [9.17, 15) is 0 Å². The van der Waals surface area contributed by atoms with Gasteiger partial charge in [0.25, 0.3) is 0 Å². The smallest absolute Gasteiger partial charge is 0.152 e. The summed E-state index contributed by atoms with van der Waals surface area (Å²) in [5, 5.41) is 1.20. The Morgan fingerprint density at radius 3 is 2.68 bits per heavy atom. The lowest BCUT2D eigenvalue weighted by Gasteiger charge is -2.37. The van der Waals surface area contributed by atoms with Crippen LogP contribution in [0.2, 0.25) is 0 Å². The minimum absolute atomic E-state index is 0.607. The van der Waals surface area contributed by atoms with Gasteiger partial charge in [0, 0.05) is 69.4 Å². The van der Waals surface area contributed by atoms with Crippen LogP contribution >= 0.6 is 0 Å². The highest BCUT2D eigenvalue weighted by atomic mass is 16.5. The summed E-state index contributed by atoms with van der Waals surface area (Å²) in [4.78, 5) is 12.2. The van der Waals surface area contributed by atoms with Crippen LogP contribution < -0.4 is 4.74 Å². The standard InChI is InChI=1S/C32H36N4O2/c1-37-30-13-7-3-6-12-29(30)36-19-17-34(18-20-36)22-26-21-27-23-35(16-14-25-9-4-2-5-10-25)24-38-32(27)31-28(26)11-8-15-33-31/h2-12,15,21H,13-14,16-20,22-24H2,1H3. The Labute approximate surface area is 225 Å². The van der Waals surface area contributed by atoms with Gasteiger partial charge in [-0.1, -0.05) is 54.6 Å². The highest BCUT2D eigenvalue weighted by Gasteiger charge is 2.25.